The van der Waals surface area contributed by atoms with Crippen LogP contribution in [0.2, 0.25) is 0 Å². The van der Waals surface area contributed by atoms with Crippen molar-refractivity contribution >= 4 is 11.6 Å². The molecular weight excluding hydrogens is 256 g/mol. The molecule has 1 atom stereocenters. The lowest BCUT2D eigenvalue weighted by Gasteiger charge is -2.15. The van der Waals surface area contributed by atoms with E-state index in [4.69, 9.17) is 10.2 Å². The molecule has 0 aromatic carbocycles. The van der Waals surface area contributed by atoms with Crippen molar-refractivity contribution in [1.82, 2.24) is 15.1 Å². The number of carbonyl (C=O) groups excluding carboxylic acids is 1. The molecule has 2 aromatic heterocycles. The van der Waals surface area contributed by atoms with E-state index >= 15 is 0 Å². The van der Waals surface area contributed by atoms with Crippen LogP contribution in [0, 0.1) is 13.8 Å². The number of likely N-dealkylation sites (tertiary alicyclic amines) is 1. The molecular formula is C14H18N4O2. The van der Waals surface area contributed by atoms with Crippen LogP contribution in [0.1, 0.15) is 39.9 Å². The molecule has 1 saturated heterocycles. The molecule has 0 radical (unpaired) electrons. The maximum absolute atomic E-state index is 12.5. The summed E-state index contributed by atoms with van der Waals surface area (Å²) in [5, 5.41) is 6.87. The van der Waals surface area contributed by atoms with Crippen LogP contribution in [0.25, 0.3) is 0 Å². The van der Waals surface area contributed by atoms with Crippen molar-refractivity contribution < 1.29 is 9.21 Å². The normalized spacial score (nSPS) is 18.7. The maximum atomic E-state index is 12.5. The number of rotatable bonds is 2. The van der Waals surface area contributed by atoms with Crippen LogP contribution in [0.15, 0.2) is 16.7 Å². The SMILES string of the molecule is Cc1cc(C)c(C(=O)N2CCC(c3[nH]ncc3N)C2)o1. The van der Waals surface area contributed by atoms with Crippen LogP contribution in [-0.4, -0.2) is 34.1 Å². The van der Waals surface area contributed by atoms with Gasteiger partial charge in [-0.3, -0.25) is 9.89 Å². The highest BCUT2D eigenvalue weighted by Gasteiger charge is 2.31. The number of aromatic amines is 1. The Bertz CT molecular complexity index is 643. The number of carbonyl (C=O) groups is 1. The van der Waals surface area contributed by atoms with Gasteiger partial charge < -0.3 is 15.1 Å². The smallest absolute Gasteiger partial charge is 0.289 e. The fourth-order valence-electron chi connectivity index (χ4n) is 2.81. The first-order chi connectivity index (χ1) is 9.56. The summed E-state index contributed by atoms with van der Waals surface area (Å²) in [5.74, 6) is 1.38. The molecule has 1 aliphatic heterocycles. The lowest BCUT2D eigenvalue weighted by Crippen LogP contribution is -2.28. The van der Waals surface area contributed by atoms with E-state index in [1.165, 1.54) is 0 Å². The van der Waals surface area contributed by atoms with Gasteiger partial charge in [-0.2, -0.15) is 5.10 Å². The molecule has 6 heteroatoms. The summed E-state index contributed by atoms with van der Waals surface area (Å²) in [7, 11) is 0. The second-order valence-corrected chi connectivity index (χ2v) is 5.34. The number of furan rings is 1. The van der Waals surface area contributed by atoms with Gasteiger partial charge in [0, 0.05) is 24.6 Å². The first-order valence-corrected chi connectivity index (χ1v) is 6.71. The minimum atomic E-state index is -0.0452. The van der Waals surface area contributed by atoms with E-state index in [1.54, 1.807) is 6.20 Å². The highest BCUT2D eigenvalue weighted by molar-refractivity contribution is 5.93. The van der Waals surface area contributed by atoms with Crippen molar-refractivity contribution in [1.29, 1.82) is 0 Å². The Labute approximate surface area is 116 Å². The van der Waals surface area contributed by atoms with E-state index in [-0.39, 0.29) is 11.8 Å². The van der Waals surface area contributed by atoms with Gasteiger partial charge in [0.2, 0.25) is 0 Å². The molecule has 0 spiro atoms. The fraction of sp³-hybridized carbons (Fsp3) is 0.429. The molecule has 3 N–H and O–H groups in total. The molecule has 0 aliphatic carbocycles. The Morgan fingerprint density at radius 1 is 1.55 bits per heavy atom. The van der Waals surface area contributed by atoms with E-state index in [1.807, 2.05) is 24.8 Å². The van der Waals surface area contributed by atoms with Crippen molar-refractivity contribution in [3.05, 3.63) is 35.0 Å². The number of hydrogen-bond acceptors (Lipinski definition) is 4. The van der Waals surface area contributed by atoms with Gasteiger partial charge >= 0.3 is 0 Å². The molecule has 20 heavy (non-hydrogen) atoms. The van der Waals surface area contributed by atoms with Gasteiger partial charge in [0.15, 0.2) is 5.76 Å². The molecule has 0 saturated carbocycles. The minimum absolute atomic E-state index is 0.0452. The molecule has 1 aliphatic rings. The number of hydrogen-bond donors (Lipinski definition) is 2. The molecule has 1 unspecified atom stereocenters. The number of aryl methyl sites for hydroxylation is 2. The van der Waals surface area contributed by atoms with E-state index < -0.39 is 0 Å². The van der Waals surface area contributed by atoms with Gasteiger partial charge in [-0.25, -0.2) is 0 Å². The van der Waals surface area contributed by atoms with Gasteiger partial charge in [-0.15, -0.1) is 0 Å². The molecule has 106 valence electrons. The summed E-state index contributed by atoms with van der Waals surface area (Å²) in [6, 6.07) is 1.88. The van der Waals surface area contributed by atoms with Crippen molar-refractivity contribution in [3.63, 3.8) is 0 Å². The number of H-pyrrole nitrogens is 1. The number of anilines is 1. The number of nitrogens with zero attached hydrogens (tertiary/aromatic N) is 2. The molecule has 0 bridgehead atoms. The number of amides is 1. The Kier molecular flexibility index (Phi) is 3.00. The average molecular weight is 274 g/mol. The third-order valence-corrected chi connectivity index (χ3v) is 3.82. The molecule has 1 amide bonds. The lowest BCUT2D eigenvalue weighted by atomic mass is 10.0. The van der Waals surface area contributed by atoms with Crippen LogP contribution >= 0.6 is 0 Å². The third-order valence-electron chi connectivity index (χ3n) is 3.82. The van der Waals surface area contributed by atoms with Crippen LogP contribution < -0.4 is 5.73 Å². The van der Waals surface area contributed by atoms with E-state index in [2.05, 4.69) is 10.2 Å². The van der Waals surface area contributed by atoms with Crippen LogP contribution in [0.4, 0.5) is 5.69 Å². The van der Waals surface area contributed by atoms with Crippen molar-refractivity contribution in [2.45, 2.75) is 26.2 Å². The van der Waals surface area contributed by atoms with Crippen molar-refractivity contribution in [2.24, 2.45) is 0 Å². The van der Waals surface area contributed by atoms with Gasteiger partial charge in [-0.05, 0) is 26.3 Å². The zero-order chi connectivity index (χ0) is 14.3. The average Bonchev–Trinajstić information content (AvgIpc) is 3.08. The van der Waals surface area contributed by atoms with Gasteiger partial charge in [0.05, 0.1) is 17.6 Å². The zero-order valence-corrected chi connectivity index (χ0v) is 11.6. The number of aromatic nitrogens is 2. The number of nitrogens with one attached hydrogen (secondary N) is 1. The topological polar surface area (TPSA) is 88.2 Å². The van der Waals surface area contributed by atoms with Gasteiger partial charge in [0.25, 0.3) is 5.91 Å². The zero-order valence-electron chi connectivity index (χ0n) is 11.6. The summed E-state index contributed by atoms with van der Waals surface area (Å²) in [4.78, 5) is 14.3. The van der Waals surface area contributed by atoms with Gasteiger partial charge in [0.1, 0.15) is 5.76 Å². The van der Waals surface area contributed by atoms with Crippen LogP contribution in [0.5, 0.6) is 0 Å². The third kappa shape index (κ3) is 2.07. The Hall–Kier alpha value is -2.24. The highest BCUT2D eigenvalue weighted by atomic mass is 16.4. The van der Waals surface area contributed by atoms with Crippen molar-refractivity contribution in [2.75, 3.05) is 18.8 Å². The Morgan fingerprint density at radius 2 is 2.35 bits per heavy atom. The van der Waals surface area contributed by atoms with Crippen molar-refractivity contribution in [3.8, 4) is 0 Å². The molecule has 1 fully saturated rings. The second kappa shape index (κ2) is 4.70. The highest BCUT2D eigenvalue weighted by Crippen LogP contribution is 2.30. The Morgan fingerprint density at radius 3 is 2.95 bits per heavy atom. The Balaban J connectivity index is 1.76. The predicted octanol–water partition coefficient (Wildman–Crippen LogP) is 1.83. The molecule has 3 rings (SSSR count). The summed E-state index contributed by atoms with van der Waals surface area (Å²) in [6.45, 7) is 5.09. The quantitative estimate of drug-likeness (QED) is 0.874. The summed E-state index contributed by atoms with van der Waals surface area (Å²) < 4.78 is 5.50. The predicted molar refractivity (Wildman–Crippen MR) is 74.4 cm³/mol. The van der Waals surface area contributed by atoms with E-state index in [9.17, 15) is 4.79 Å². The number of nitrogen functional groups attached to an aromatic ring is 1. The summed E-state index contributed by atoms with van der Waals surface area (Å²) >= 11 is 0. The molecule has 2 aromatic rings. The molecule has 3 heterocycles. The monoisotopic (exact) mass is 274 g/mol. The fourth-order valence-corrected chi connectivity index (χ4v) is 2.81. The van der Waals surface area contributed by atoms with Crippen LogP contribution in [-0.2, 0) is 0 Å². The first-order valence-electron chi connectivity index (χ1n) is 6.71. The number of nitrogens with two attached hydrogens (primary N) is 1. The van der Waals surface area contributed by atoms with Gasteiger partial charge in [-0.1, -0.05) is 0 Å². The molecule has 6 nitrogen and oxygen atoms in total. The van der Waals surface area contributed by atoms with E-state index in [0.717, 1.165) is 23.4 Å². The van der Waals surface area contributed by atoms with Crippen LogP contribution in [0.3, 0.4) is 0 Å². The maximum Gasteiger partial charge on any atom is 0.289 e. The standard InChI is InChI=1S/C14H18N4O2/c1-8-5-9(2)20-13(8)14(19)18-4-3-10(7-18)12-11(15)6-16-17-12/h5-6,10H,3-4,7,15H2,1-2H3,(H,16,17). The summed E-state index contributed by atoms with van der Waals surface area (Å²) in [5.41, 5.74) is 8.34. The largest absolute Gasteiger partial charge is 0.456 e. The minimum Gasteiger partial charge on any atom is -0.456 e. The van der Waals surface area contributed by atoms with E-state index in [0.29, 0.717) is 24.5 Å². The first kappa shape index (κ1) is 12.8. The lowest BCUT2D eigenvalue weighted by molar-refractivity contribution is 0.0756. The summed E-state index contributed by atoms with van der Waals surface area (Å²) in [6.07, 6.45) is 2.50. The second-order valence-electron chi connectivity index (χ2n) is 5.34.